The smallest absolute Gasteiger partial charge is 0.104 e. The zero-order chi connectivity index (χ0) is 6.69. The van der Waals surface area contributed by atoms with Gasteiger partial charge in [-0.15, -0.1) is 0 Å². The summed E-state index contributed by atoms with van der Waals surface area (Å²) >= 11 is 0. The molecule has 0 spiro atoms. The Balaban J connectivity index is 2.80. The summed E-state index contributed by atoms with van der Waals surface area (Å²) in [6.07, 6.45) is 1.68. The first-order chi connectivity index (χ1) is 4.36. The van der Waals surface area contributed by atoms with Crippen LogP contribution in [0.1, 0.15) is 0 Å². The molecule has 1 rings (SSSR count). The maximum absolute atomic E-state index is 8.34. The Hall–Kier alpha value is -1.11. The minimum Gasteiger partial charge on any atom is -0.197 e. The van der Waals surface area contributed by atoms with Gasteiger partial charge in [0.1, 0.15) is 6.07 Å². The molecule has 0 aromatic carbocycles. The number of rotatable bonds is 0. The Morgan fingerprint density at radius 2 is 2.33 bits per heavy atom. The third kappa shape index (κ3) is 1.17. The van der Waals surface area contributed by atoms with Crippen molar-refractivity contribution in [1.29, 1.82) is 10.5 Å². The molecule has 0 N–H and O–H groups in total. The number of nitrogens with zero attached hydrogens (tertiary/aromatic N) is 2. The highest BCUT2D eigenvalue weighted by atomic mass is 31.1. The lowest BCUT2D eigenvalue weighted by Crippen LogP contribution is -1.85. The van der Waals surface area contributed by atoms with Gasteiger partial charge in [-0.2, -0.15) is 10.5 Å². The minimum absolute atomic E-state index is 0.138. The molecule has 0 aromatic rings. The highest BCUT2D eigenvalue weighted by Gasteiger charge is 2.06. The van der Waals surface area contributed by atoms with Crippen LogP contribution in [-0.2, 0) is 0 Å². The van der Waals surface area contributed by atoms with E-state index >= 15 is 0 Å². The normalized spacial score (nSPS) is 24.2. The monoisotopic (exact) mass is 134 g/mol. The zero-order valence-electron chi connectivity index (χ0n) is 4.57. The van der Waals surface area contributed by atoms with Crippen molar-refractivity contribution < 1.29 is 0 Å². The number of hydrogen-bond donors (Lipinski definition) is 0. The van der Waals surface area contributed by atoms with Crippen LogP contribution in [0.4, 0.5) is 0 Å². The lowest BCUT2D eigenvalue weighted by atomic mass is 10.2. The van der Waals surface area contributed by atoms with E-state index in [9.17, 15) is 0 Å². The molecule has 0 fully saturated rings. The van der Waals surface area contributed by atoms with Crippen molar-refractivity contribution in [2.75, 3.05) is 0 Å². The van der Waals surface area contributed by atoms with Crippen molar-refractivity contribution >= 4 is 14.0 Å². The quantitative estimate of drug-likeness (QED) is 0.468. The number of allylic oxidation sites excluding steroid dienone is 2. The van der Waals surface area contributed by atoms with E-state index in [1.165, 1.54) is 0 Å². The van der Waals surface area contributed by atoms with E-state index in [2.05, 4.69) is 0 Å². The van der Waals surface area contributed by atoms with E-state index in [0.717, 1.165) is 8.20 Å². The van der Waals surface area contributed by atoms with E-state index in [4.69, 9.17) is 10.5 Å². The highest BCUT2D eigenvalue weighted by Crippen LogP contribution is 2.21. The van der Waals surface area contributed by atoms with E-state index in [1.54, 1.807) is 11.9 Å². The maximum Gasteiger partial charge on any atom is 0.104 e. The van der Waals surface area contributed by atoms with Crippen molar-refractivity contribution in [3.8, 4) is 12.1 Å². The molecule has 1 atom stereocenters. The Morgan fingerprint density at radius 1 is 1.56 bits per heavy atom. The molecule has 3 heteroatoms. The first-order valence-corrected chi connectivity index (χ1v) is 3.39. The molecule has 1 aliphatic heterocycles. The van der Waals surface area contributed by atoms with Crippen LogP contribution >= 0.6 is 8.20 Å². The topological polar surface area (TPSA) is 47.6 Å². The summed E-state index contributed by atoms with van der Waals surface area (Å²) in [5, 5.41) is 17.3. The van der Waals surface area contributed by atoms with E-state index < -0.39 is 0 Å². The van der Waals surface area contributed by atoms with Crippen LogP contribution in [-0.4, -0.2) is 5.80 Å². The minimum atomic E-state index is -0.138. The van der Waals surface area contributed by atoms with Gasteiger partial charge in [0, 0.05) is 0 Å². The van der Waals surface area contributed by atoms with Gasteiger partial charge in [-0.3, -0.25) is 0 Å². The maximum atomic E-state index is 8.34. The summed E-state index contributed by atoms with van der Waals surface area (Å²) in [5.74, 6) is 1.67. The SMILES string of the molecule is N#CC1=CC(C#N)C=P1. The average Bonchev–Trinajstić information content (AvgIpc) is 2.34. The van der Waals surface area contributed by atoms with Gasteiger partial charge in [0.05, 0.1) is 17.3 Å². The second kappa shape index (κ2) is 2.44. The lowest BCUT2D eigenvalue weighted by molar-refractivity contribution is 1.20. The van der Waals surface area contributed by atoms with Crippen molar-refractivity contribution in [2.45, 2.75) is 0 Å². The first kappa shape index (κ1) is 6.02. The van der Waals surface area contributed by atoms with Crippen LogP contribution in [0.2, 0.25) is 0 Å². The van der Waals surface area contributed by atoms with E-state index in [-0.39, 0.29) is 5.92 Å². The molecule has 0 saturated carbocycles. The fraction of sp³-hybridized carbons (Fsp3) is 0.167. The van der Waals surface area contributed by atoms with Crippen LogP contribution < -0.4 is 0 Å². The third-order valence-electron chi connectivity index (χ3n) is 0.975. The van der Waals surface area contributed by atoms with Crippen LogP contribution in [0.25, 0.3) is 0 Å². The Labute approximate surface area is 54.8 Å². The highest BCUT2D eigenvalue weighted by molar-refractivity contribution is 7.44. The van der Waals surface area contributed by atoms with E-state index in [0.29, 0.717) is 5.31 Å². The molecule has 1 unspecified atom stereocenters. The summed E-state index contributed by atoms with van der Waals surface area (Å²) in [6, 6.07) is 4.03. The molecule has 0 radical (unpaired) electrons. The molecular weight excluding hydrogens is 131 g/mol. The summed E-state index contributed by atoms with van der Waals surface area (Å²) in [7, 11) is 0.883. The van der Waals surface area contributed by atoms with Gasteiger partial charge in [-0.1, -0.05) is 8.20 Å². The van der Waals surface area contributed by atoms with Gasteiger partial charge in [0.25, 0.3) is 0 Å². The second-order valence-corrected chi connectivity index (χ2v) is 2.63. The molecule has 0 bridgehead atoms. The van der Waals surface area contributed by atoms with Gasteiger partial charge < -0.3 is 0 Å². The summed E-state index contributed by atoms with van der Waals surface area (Å²) in [4.78, 5) is 0. The first-order valence-electron chi connectivity index (χ1n) is 2.42. The average molecular weight is 134 g/mol. The summed E-state index contributed by atoms with van der Waals surface area (Å²) in [5.41, 5.74) is 0. The zero-order valence-corrected chi connectivity index (χ0v) is 5.47. The predicted octanol–water partition coefficient (Wildman–Crippen LogP) is 1.30. The molecule has 9 heavy (non-hydrogen) atoms. The molecule has 0 aliphatic carbocycles. The van der Waals surface area contributed by atoms with Crippen LogP contribution in [0.3, 0.4) is 0 Å². The van der Waals surface area contributed by atoms with Gasteiger partial charge in [0.15, 0.2) is 0 Å². The fourth-order valence-electron chi connectivity index (χ4n) is 0.553. The van der Waals surface area contributed by atoms with Crippen LogP contribution in [0, 0.1) is 28.6 Å². The van der Waals surface area contributed by atoms with Gasteiger partial charge in [0.2, 0.25) is 0 Å². The molecule has 2 nitrogen and oxygen atoms in total. The number of hydrogen-bond acceptors (Lipinski definition) is 2. The largest absolute Gasteiger partial charge is 0.197 e. The fourth-order valence-corrected chi connectivity index (χ4v) is 1.33. The molecule has 0 amide bonds. The van der Waals surface area contributed by atoms with Crippen LogP contribution in [0.15, 0.2) is 11.4 Å². The number of nitriles is 2. The Morgan fingerprint density at radius 3 is 2.67 bits per heavy atom. The lowest BCUT2D eigenvalue weighted by Gasteiger charge is -1.80. The van der Waals surface area contributed by atoms with E-state index in [1.807, 2.05) is 12.1 Å². The predicted molar refractivity (Wildman–Crippen MR) is 35.8 cm³/mol. The Bertz CT molecular complexity index is 251. The molecular formula is C6H3N2P. The van der Waals surface area contributed by atoms with Crippen molar-refractivity contribution in [2.24, 2.45) is 5.92 Å². The van der Waals surface area contributed by atoms with Crippen molar-refractivity contribution in [3.05, 3.63) is 11.4 Å². The summed E-state index contributed by atoms with van der Waals surface area (Å²) < 4.78 is 0. The molecule has 0 saturated heterocycles. The second-order valence-electron chi connectivity index (χ2n) is 1.60. The van der Waals surface area contributed by atoms with Gasteiger partial charge in [-0.05, 0) is 11.9 Å². The molecule has 42 valence electrons. The molecule has 1 heterocycles. The van der Waals surface area contributed by atoms with Crippen LogP contribution in [0.5, 0.6) is 0 Å². The van der Waals surface area contributed by atoms with Crippen molar-refractivity contribution in [3.63, 3.8) is 0 Å². The summed E-state index contributed by atoms with van der Waals surface area (Å²) in [6.45, 7) is 0. The van der Waals surface area contributed by atoms with Gasteiger partial charge in [-0.25, -0.2) is 0 Å². The van der Waals surface area contributed by atoms with Crippen molar-refractivity contribution in [1.82, 2.24) is 0 Å². The van der Waals surface area contributed by atoms with Gasteiger partial charge >= 0.3 is 0 Å². The molecule has 0 aromatic heterocycles. The third-order valence-corrected chi connectivity index (χ3v) is 1.97. The Kier molecular flexibility index (Phi) is 1.63. The standard InChI is InChI=1S/C6H3N2P/c7-2-5-1-6(3-8)9-4-5/h1,4-5H. The molecule has 1 aliphatic rings.